The first kappa shape index (κ1) is 10.4. The van der Waals surface area contributed by atoms with E-state index in [9.17, 15) is 18.0 Å². The molecule has 0 atom stereocenters. The summed E-state index contributed by atoms with van der Waals surface area (Å²) in [5.41, 5.74) is 0.338. The molecule has 0 aliphatic carbocycles. The monoisotopic (exact) mass is 202 g/mol. The van der Waals surface area contributed by atoms with Gasteiger partial charge in [0, 0.05) is 18.0 Å². The lowest BCUT2D eigenvalue weighted by Gasteiger charge is -2.02. The van der Waals surface area contributed by atoms with Gasteiger partial charge in [-0.2, -0.15) is 13.2 Å². The van der Waals surface area contributed by atoms with Gasteiger partial charge in [-0.05, 0) is 12.2 Å². The van der Waals surface area contributed by atoms with E-state index in [1.807, 2.05) is 0 Å². The number of alkyl halides is 3. The average Bonchev–Trinajstić information content (AvgIpc) is 2.14. The maximum atomic E-state index is 12.0. The maximum absolute atomic E-state index is 12.0. The van der Waals surface area contributed by atoms with Gasteiger partial charge >= 0.3 is 6.18 Å². The van der Waals surface area contributed by atoms with E-state index in [2.05, 4.69) is 9.97 Å². The van der Waals surface area contributed by atoms with Crippen LogP contribution in [0.5, 0.6) is 0 Å². The Morgan fingerprint density at radius 2 is 1.79 bits per heavy atom. The van der Waals surface area contributed by atoms with E-state index in [-0.39, 0.29) is 0 Å². The Kier molecular flexibility index (Phi) is 2.95. The number of rotatable bonds is 2. The van der Waals surface area contributed by atoms with Gasteiger partial charge in [0.1, 0.15) is 6.29 Å². The fourth-order valence-electron chi connectivity index (χ4n) is 0.721. The van der Waals surface area contributed by atoms with Crippen LogP contribution in [0.3, 0.4) is 0 Å². The van der Waals surface area contributed by atoms with Crippen LogP contribution in [0.2, 0.25) is 0 Å². The molecule has 0 aliphatic heterocycles. The van der Waals surface area contributed by atoms with Gasteiger partial charge in [0.25, 0.3) is 0 Å². The highest BCUT2D eigenvalue weighted by Gasteiger charge is 2.34. The molecule has 1 aromatic rings. The number of nitrogens with zero attached hydrogens (tertiary/aromatic N) is 2. The highest BCUT2D eigenvalue weighted by molar-refractivity contribution is 5.73. The van der Waals surface area contributed by atoms with Crippen LogP contribution in [-0.2, 0) is 11.0 Å². The minimum atomic E-state index is -4.53. The van der Waals surface area contributed by atoms with Gasteiger partial charge in [0.05, 0.1) is 0 Å². The van der Waals surface area contributed by atoms with Crippen molar-refractivity contribution in [2.24, 2.45) is 0 Å². The molecule has 0 saturated heterocycles. The van der Waals surface area contributed by atoms with Crippen LogP contribution in [0.4, 0.5) is 13.2 Å². The third-order valence-corrected chi connectivity index (χ3v) is 1.29. The molecule has 0 amide bonds. The molecule has 1 heterocycles. The van der Waals surface area contributed by atoms with E-state index >= 15 is 0 Å². The fourth-order valence-corrected chi connectivity index (χ4v) is 0.721. The summed E-state index contributed by atoms with van der Waals surface area (Å²) in [7, 11) is 0. The maximum Gasteiger partial charge on any atom is 0.451 e. The first-order chi connectivity index (χ1) is 6.54. The van der Waals surface area contributed by atoms with Crippen molar-refractivity contribution >= 4 is 12.4 Å². The summed E-state index contributed by atoms with van der Waals surface area (Å²) in [6, 6.07) is 0. The van der Waals surface area contributed by atoms with Crippen molar-refractivity contribution < 1.29 is 18.0 Å². The Hall–Kier alpha value is -1.72. The van der Waals surface area contributed by atoms with Gasteiger partial charge in [-0.3, -0.25) is 4.79 Å². The highest BCUT2D eigenvalue weighted by Crippen LogP contribution is 2.25. The van der Waals surface area contributed by atoms with Gasteiger partial charge in [0.15, 0.2) is 0 Å². The van der Waals surface area contributed by atoms with E-state index in [4.69, 9.17) is 0 Å². The topological polar surface area (TPSA) is 42.9 Å². The standard InChI is InChI=1S/C8H5F3N2O/c9-8(10,11)7-12-4-6(5-13-7)2-1-3-14/h1-5H/b2-1+. The molecule has 14 heavy (non-hydrogen) atoms. The number of aromatic nitrogens is 2. The third-order valence-electron chi connectivity index (χ3n) is 1.29. The molecule has 0 bridgehead atoms. The van der Waals surface area contributed by atoms with Gasteiger partial charge in [-0.25, -0.2) is 9.97 Å². The van der Waals surface area contributed by atoms with Crippen molar-refractivity contribution in [2.75, 3.05) is 0 Å². The molecule has 0 saturated carbocycles. The summed E-state index contributed by atoms with van der Waals surface area (Å²) in [5.74, 6) is -1.19. The quantitative estimate of drug-likeness (QED) is 0.541. The van der Waals surface area contributed by atoms with Crippen LogP contribution in [0, 0.1) is 0 Å². The summed E-state index contributed by atoms with van der Waals surface area (Å²) in [5, 5.41) is 0. The van der Waals surface area contributed by atoms with Gasteiger partial charge < -0.3 is 0 Å². The molecule has 74 valence electrons. The molecule has 0 N–H and O–H groups in total. The van der Waals surface area contributed by atoms with Crippen molar-refractivity contribution in [2.45, 2.75) is 6.18 Å². The van der Waals surface area contributed by atoms with E-state index in [0.717, 1.165) is 18.5 Å². The Labute approximate surface area is 77.3 Å². The van der Waals surface area contributed by atoms with Crippen LogP contribution in [0.1, 0.15) is 11.4 Å². The van der Waals surface area contributed by atoms with Crippen molar-refractivity contribution in [1.29, 1.82) is 0 Å². The lowest BCUT2D eigenvalue weighted by atomic mass is 10.3. The predicted molar refractivity (Wildman–Crippen MR) is 42.1 cm³/mol. The zero-order chi connectivity index (χ0) is 10.6. The Bertz CT molecular complexity index is 343. The first-order valence-electron chi connectivity index (χ1n) is 3.55. The van der Waals surface area contributed by atoms with Crippen molar-refractivity contribution in [1.82, 2.24) is 9.97 Å². The summed E-state index contributed by atoms with van der Waals surface area (Å²) in [6.07, 6.45) is 0.426. The van der Waals surface area contributed by atoms with Crippen molar-refractivity contribution in [3.63, 3.8) is 0 Å². The second-order valence-corrected chi connectivity index (χ2v) is 2.33. The predicted octanol–water partition coefficient (Wildman–Crippen LogP) is 1.71. The Morgan fingerprint density at radius 3 is 2.21 bits per heavy atom. The molecule has 6 heteroatoms. The summed E-state index contributed by atoms with van der Waals surface area (Å²) >= 11 is 0. The minimum absolute atomic E-state index is 0.338. The normalized spacial score (nSPS) is 11.9. The molecule has 1 aromatic heterocycles. The summed E-state index contributed by atoms with van der Waals surface area (Å²) in [4.78, 5) is 16.1. The van der Waals surface area contributed by atoms with Crippen molar-refractivity contribution in [3.05, 3.63) is 29.9 Å². The Balaban J connectivity index is 2.89. The fraction of sp³-hybridized carbons (Fsp3) is 0.125. The molecule has 0 radical (unpaired) electrons. The minimum Gasteiger partial charge on any atom is -0.299 e. The molecule has 1 rings (SSSR count). The zero-order valence-electron chi connectivity index (χ0n) is 6.82. The summed E-state index contributed by atoms with van der Waals surface area (Å²) in [6.45, 7) is 0. The number of hydrogen-bond donors (Lipinski definition) is 0. The molecular formula is C8H5F3N2O. The molecule has 0 aromatic carbocycles. The van der Waals surface area contributed by atoms with Gasteiger partial charge in [0.2, 0.25) is 5.82 Å². The third kappa shape index (κ3) is 2.65. The number of aldehydes is 1. The number of hydrogen-bond acceptors (Lipinski definition) is 3. The van der Waals surface area contributed by atoms with E-state index in [1.54, 1.807) is 0 Å². The summed E-state index contributed by atoms with van der Waals surface area (Å²) < 4.78 is 35.9. The molecular weight excluding hydrogens is 197 g/mol. The molecule has 0 fully saturated rings. The van der Waals surface area contributed by atoms with E-state index in [1.165, 1.54) is 6.08 Å². The SMILES string of the molecule is O=C/C=C/c1cnc(C(F)(F)F)nc1. The van der Waals surface area contributed by atoms with E-state index in [0.29, 0.717) is 11.8 Å². The molecule has 0 unspecified atom stereocenters. The molecule has 3 nitrogen and oxygen atoms in total. The van der Waals surface area contributed by atoms with E-state index < -0.39 is 12.0 Å². The zero-order valence-corrected chi connectivity index (χ0v) is 6.82. The van der Waals surface area contributed by atoms with Crippen LogP contribution >= 0.6 is 0 Å². The Morgan fingerprint density at radius 1 is 1.21 bits per heavy atom. The van der Waals surface area contributed by atoms with Crippen LogP contribution in [0.15, 0.2) is 18.5 Å². The first-order valence-corrected chi connectivity index (χ1v) is 3.55. The largest absolute Gasteiger partial charge is 0.451 e. The van der Waals surface area contributed by atoms with Crippen LogP contribution in [-0.4, -0.2) is 16.3 Å². The van der Waals surface area contributed by atoms with Crippen LogP contribution < -0.4 is 0 Å². The van der Waals surface area contributed by atoms with Gasteiger partial charge in [-0.15, -0.1) is 0 Å². The average molecular weight is 202 g/mol. The molecule has 0 spiro atoms. The number of halogens is 3. The second-order valence-electron chi connectivity index (χ2n) is 2.33. The number of allylic oxidation sites excluding steroid dienone is 1. The smallest absolute Gasteiger partial charge is 0.299 e. The number of carbonyl (C=O) groups is 1. The second kappa shape index (κ2) is 3.99. The van der Waals surface area contributed by atoms with Crippen LogP contribution in [0.25, 0.3) is 6.08 Å². The van der Waals surface area contributed by atoms with Crippen molar-refractivity contribution in [3.8, 4) is 0 Å². The lowest BCUT2D eigenvalue weighted by Crippen LogP contribution is -2.10. The number of carbonyl (C=O) groups excluding carboxylic acids is 1. The lowest BCUT2D eigenvalue weighted by molar-refractivity contribution is -0.145. The highest BCUT2D eigenvalue weighted by atomic mass is 19.4. The molecule has 0 aliphatic rings. The van der Waals surface area contributed by atoms with Gasteiger partial charge in [-0.1, -0.05) is 0 Å².